The first-order chi connectivity index (χ1) is 9.76. The third-order valence-electron chi connectivity index (χ3n) is 3.57. The van der Waals surface area contributed by atoms with Crippen molar-refractivity contribution in [3.05, 3.63) is 51.2 Å². The minimum Gasteiger partial charge on any atom is -0.384 e. The Hall–Kier alpha value is -1.52. The van der Waals surface area contributed by atoms with Crippen molar-refractivity contribution in [1.82, 2.24) is 5.32 Å². The molecule has 5 heteroatoms. The zero-order chi connectivity index (χ0) is 13.9. The van der Waals surface area contributed by atoms with E-state index in [0.29, 0.717) is 6.54 Å². The molecule has 1 aromatic heterocycles. The van der Waals surface area contributed by atoms with Gasteiger partial charge >= 0.3 is 0 Å². The van der Waals surface area contributed by atoms with E-state index in [4.69, 9.17) is 0 Å². The van der Waals surface area contributed by atoms with E-state index in [1.165, 1.54) is 15.3 Å². The number of halogens is 1. The summed E-state index contributed by atoms with van der Waals surface area (Å²) in [6, 6.07) is 10.1. The molecule has 0 spiro atoms. The highest BCUT2D eigenvalue weighted by molar-refractivity contribution is 7.11. The number of carbonyl (C=O) groups excluding carboxylic acids is 1. The van der Waals surface area contributed by atoms with Crippen molar-refractivity contribution in [3.63, 3.8) is 0 Å². The molecule has 2 N–H and O–H groups in total. The van der Waals surface area contributed by atoms with Crippen molar-refractivity contribution in [2.45, 2.75) is 26.3 Å². The molecule has 0 bridgehead atoms. The topological polar surface area (TPSA) is 41.1 Å². The SMILES string of the molecule is CCc1ccc(CNC(=O)c2ccc3c(c2)CCN3)s1.Cl. The van der Waals surface area contributed by atoms with Crippen molar-refractivity contribution in [1.29, 1.82) is 0 Å². The highest BCUT2D eigenvalue weighted by Gasteiger charge is 2.13. The van der Waals surface area contributed by atoms with Gasteiger partial charge in [0.1, 0.15) is 0 Å². The van der Waals surface area contributed by atoms with E-state index in [2.05, 4.69) is 29.7 Å². The molecule has 1 aromatic carbocycles. The number of thiophene rings is 1. The summed E-state index contributed by atoms with van der Waals surface area (Å²) in [6.07, 6.45) is 2.05. The predicted octanol–water partition coefficient (Wildman–Crippen LogP) is 3.63. The van der Waals surface area contributed by atoms with Crippen LogP contribution in [0.4, 0.5) is 5.69 Å². The van der Waals surface area contributed by atoms with Crippen LogP contribution in [0.15, 0.2) is 30.3 Å². The van der Waals surface area contributed by atoms with Gasteiger partial charge in [0.15, 0.2) is 0 Å². The minimum absolute atomic E-state index is 0. The molecule has 0 saturated carbocycles. The van der Waals surface area contributed by atoms with Gasteiger partial charge in [-0.15, -0.1) is 23.7 Å². The third-order valence-corrected chi connectivity index (χ3v) is 4.80. The number of nitrogens with one attached hydrogen (secondary N) is 2. The van der Waals surface area contributed by atoms with Crippen LogP contribution in [0.25, 0.3) is 0 Å². The Labute approximate surface area is 135 Å². The fourth-order valence-corrected chi connectivity index (χ4v) is 3.32. The summed E-state index contributed by atoms with van der Waals surface area (Å²) in [5, 5.41) is 6.30. The molecule has 3 rings (SSSR count). The maximum Gasteiger partial charge on any atom is 0.251 e. The number of anilines is 1. The van der Waals surface area contributed by atoms with Crippen molar-refractivity contribution in [2.24, 2.45) is 0 Å². The second-order valence-corrected chi connectivity index (χ2v) is 6.21. The largest absolute Gasteiger partial charge is 0.384 e. The first-order valence-corrected chi connectivity index (χ1v) is 7.80. The molecule has 0 unspecified atom stereocenters. The summed E-state index contributed by atoms with van der Waals surface area (Å²) in [4.78, 5) is 14.7. The molecular weight excluding hydrogens is 304 g/mol. The maximum absolute atomic E-state index is 12.2. The van der Waals surface area contributed by atoms with Gasteiger partial charge in [-0.2, -0.15) is 0 Å². The maximum atomic E-state index is 12.2. The second-order valence-electron chi connectivity index (χ2n) is 4.95. The van der Waals surface area contributed by atoms with Gasteiger partial charge in [-0.05, 0) is 48.7 Å². The van der Waals surface area contributed by atoms with Crippen LogP contribution >= 0.6 is 23.7 Å². The fourth-order valence-electron chi connectivity index (χ4n) is 2.42. The van der Waals surface area contributed by atoms with Crippen LogP contribution in [0.3, 0.4) is 0 Å². The van der Waals surface area contributed by atoms with Gasteiger partial charge in [0.05, 0.1) is 6.54 Å². The van der Waals surface area contributed by atoms with Crippen LogP contribution in [0.5, 0.6) is 0 Å². The van der Waals surface area contributed by atoms with Crippen molar-refractivity contribution in [2.75, 3.05) is 11.9 Å². The highest BCUT2D eigenvalue weighted by Crippen LogP contribution is 2.23. The first kappa shape index (κ1) is 15.9. The van der Waals surface area contributed by atoms with Gasteiger partial charge in [-0.1, -0.05) is 6.92 Å². The Morgan fingerprint density at radius 2 is 2.10 bits per heavy atom. The van der Waals surface area contributed by atoms with Crippen molar-refractivity contribution < 1.29 is 4.79 Å². The molecule has 2 heterocycles. The number of amides is 1. The molecule has 1 aliphatic heterocycles. The monoisotopic (exact) mass is 322 g/mol. The number of aryl methyl sites for hydroxylation is 1. The van der Waals surface area contributed by atoms with Gasteiger partial charge in [0.25, 0.3) is 5.91 Å². The lowest BCUT2D eigenvalue weighted by Crippen LogP contribution is -2.22. The third kappa shape index (κ3) is 3.57. The van der Waals surface area contributed by atoms with E-state index < -0.39 is 0 Å². The van der Waals surface area contributed by atoms with Crippen LogP contribution in [0.2, 0.25) is 0 Å². The van der Waals surface area contributed by atoms with Crippen LogP contribution in [-0.4, -0.2) is 12.5 Å². The molecule has 2 aromatic rings. The van der Waals surface area contributed by atoms with Gasteiger partial charge in [-0.25, -0.2) is 0 Å². The summed E-state index contributed by atoms with van der Waals surface area (Å²) >= 11 is 1.77. The fraction of sp³-hybridized carbons (Fsp3) is 0.312. The Balaban J connectivity index is 0.00000161. The molecule has 1 aliphatic rings. The van der Waals surface area contributed by atoms with Crippen LogP contribution in [-0.2, 0) is 19.4 Å². The summed E-state index contributed by atoms with van der Waals surface area (Å²) in [5.41, 5.74) is 3.15. The molecule has 3 nitrogen and oxygen atoms in total. The van der Waals surface area contributed by atoms with Crippen molar-refractivity contribution >= 4 is 35.3 Å². The van der Waals surface area contributed by atoms with Crippen molar-refractivity contribution in [3.8, 4) is 0 Å². The first-order valence-electron chi connectivity index (χ1n) is 6.99. The smallest absolute Gasteiger partial charge is 0.251 e. The molecule has 0 aliphatic carbocycles. The van der Waals surface area contributed by atoms with E-state index in [1.54, 1.807) is 11.3 Å². The van der Waals surface area contributed by atoms with Crippen LogP contribution in [0, 0.1) is 0 Å². The Morgan fingerprint density at radius 1 is 1.29 bits per heavy atom. The summed E-state index contributed by atoms with van der Waals surface area (Å²) in [7, 11) is 0. The van der Waals surface area contributed by atoms with E-state index >= 15 is 0 Å². The van der Waals surface area contributed by atoms with E-state index in [-0.39, 0.29) is 18.3 Å². The molecule has 0 radical (unpaired) electrons. The Kier molecular flexibility index (Phi) is 5.26. The summed E-state index contributed by atoms with van der Waals surface area (Å²) in [6.45, 7) is 3.72. The second kappa shape index (κ2) is 6.96. The zero-order valence-corrected chi connectivity index (χ0v) is 13.6. The van der Waals surface area contributed by atoms with Gasteiger partial charge in [0.2, 0.25) is 0 Å². The predicted molar refractivity (Wildman–Crippen MR) is 90.8 cm³/mol. The number of carbonyl (C=O) groups is 1. The van der Waals surface area contributed by atoms with Crippen LogP contribution in [0.1, 0.15) is 32.6 Å². The van der Waals surface area contributed by atoms with Gasteiger partial charge in [0, 0.05) is 27.5 Å². The minimum atomic E-state index is 0. The van der Waals surface area contributed by atoms with Gasteiger partial charge < -0.3 is 10.6 Å². The number of fused-ring (bicyclic) bond motifs is 1. The van der Waals surface area contributed by atoms with E-state index in [0.717, 1.165) is 30.6 Å². The molecule has 0 saturated heterocycles. The Morgan fingerprint density at radius 3 is 2.86 bits per heavy atom. The molecule has 21 heavy (non-hydrogen) atoms. The normalized spacial score (nSPS) is 12.2. The number of hydrogen-bond acceptors (Lipinski definition) is 3. The molecule has 0 fully saturated rings. The molecule has 0 atom stereocenters. The lowest BCUT2D eigenvalue weighted by Gasteiger charge is -2.06. The molecule has 1 amide bonds. The quantitative estimate of drug-likeness (QED) is 0.902. The summed E-state index contributed by atoms with van der Waals surface area (Å²) < 4.78 is 0. The lowest BCUT2D eigenvalue weighted by atomic mass is 10.1. The Bertz CT molecular complexity index is 639. The van der Waals surface area contributed by atoms with Crippen LogP contribution < -0.4 is 10.6 Å². The number of rotatable bonds is 4. The zero-order valence-electron chi connectivity index (χ0n) is 11.9. The van der Waals surface area contributed by atoms with E-state index in [9.17, 15) is 4.79 Å². The van der Waals surface area contributed by atoms with Gasteiger partial charge in [-0.3, -0.25) is 4.79 Å². The summed E-state index contributed by atoms with van der Waals surface area (Å²) in [5.74, 6) is 0.00569. The molecule has 112 valence electrons. The van der Waals surface area contributed by atoms with E-state index in [1.807, 2.05) is 18.2 Å². The average Bonchev–Trinajstić information content (AvgIpc) is 3.12. The number of benzene rings is 1. The highest BCUT2D eigenvalue weighted by atomic mass is 35.5. The molecular formula is C16H19ClN2OS. The number of hydrogen-bond donors (Lipinski definition) is 2. The standard InChI is InChI=1S/C16H18N2OS.ClH/c1-2-13-4-5-14(20-13)10-18-16(19)12-3-6-15-11(9-12)7-8-17-15;/h3-6,9,17H,2,7-8,10H2,1H3,(H,18,19);1H. The lowest BCUT2D eigenvalue weighted by molar-refractivity contribution is 0.0951. The average molecular weight is 323 g/mol.